The molecular formula is C19H15ClN4O. The first-order valence-electron chi connectivity index (χ1n) is 7.83. The van der Waals surface area contributed by atoms with Crippen LogP contribution in [0.2, 0.25) is 5.02 Å². The third kappa shape index (κ3) is 2.83. The number of nitrogens with zero attached hydrogens (tertiary/aromatic N) is 4. The molecule has 3 heterocycles. The minimum Gasteiger partial charge on any atom is -0.463 e. The second kappa shape index (κ2) is 6.18. The number of imidazole rings is 1. The van der Waals surface area contributed by atoms with E-state index in [4.69, 9.17) is 16.0 Å². The van der Waals surface area contributed by atoms with Crippen LogP contribution in [0.25, 0.3) is 17.1 Å². The van der Waals surface area contributed by atoms with Crippen LogP contribution in [-0.4, -0.2) is 9.38 Å². The summed E-state index contributed by atoms with van der Waals surface area (Å²) in [7, 11) is 0. The van der Waals surface area contributed by atoms with Gasteiger partial charge >= 0.3 is 0 Å². The normalized spacial score (nSPS) is 11.6. The van der Waals surface area contributed by atoms with Crippen molar-refractivity contribution in [3.8, 4) is 11.5 Å². The molecule has 124 valence electrons. The molecule has 0 aliphatic carbocycles. The van der Waals surface area contributed by atoms with Crippen molar-refractivity contribution in [2.75, 3.05) is 0 Å². The molecule has 0 aliphatic rings. The number of hydrogen-bond acceptors (Lipinski definition) is 4. The lowest BCUT2D eigenvalue weighted by Crippen LogP contribution is -1.83. The van der Waals surface area contributed by atoms with Gasteiger partial charge in [-0.15, -0.1) is 10.2 Å². The Morgan fingerprint density at radius 1 is 1.04 bits per heavy atom. The highest BCUT2D eigenvalue weighted by Crippen LogP contribution is 2.33. The van der Waals surface area contributed by atoms with Crippen molar-refractivity contribution in [1.82, 2.24) is 9.38 Å². The number of azo groups is 1. The molecule has 4 rings (SSSR count). The van der Waals surface area contributed by atoms with Crippen molar-refractivity contribution >= 4 is 28.8 Å². The zero-order valence-corrected chi connectivity index (χ0v) is 14.5. The number of hydrogen-bond donors (Lipinski definition) is 0. The summed E-state index contributed by atoms with van der Waals surface area (Å²) in [6, 6.07) is 13.3. The predicted octanol–water partition coefficient (Wildman–Crippen LogP) is 6.28. The van der Waals surface area contributed by atoms with Crippen molar-refractivity contribution in [1.29, 1.82) is 0 Å². The molecule has 0 saturated carbocycles. The van der Waals surface area contributed by atoms with Crippen molar-refractivity contribution in [3.05, 3.63) is 71.1 Å². The van der Waals surface area contributed by atoms with E-state index in [9.17, 15) is 0 Å². The van der Waals surface area contributed by atoms with E-state index >= 15 is 0 Å². The van der Waals surface area contributed by atoms with Gasteiger partial charge in [-0.2, -0.15) is 0 Å². The summed E-state index contributed by atoms with van der Waals surface area (Å²) < 4.78 is 7.32. The molecule has 0 N–H and O–H groups in total. The van der Waals surface area contributed by atoms with Gasteiger partial charge in [-0.3, -0.25) is 4.40 Å². The number of furan rings is 1. The number of aromatic nitrogens is 2. The summed E-state index contributed by atoms with van der Waals surface area (Å²) in [5.41, 5.74) is 4.44. The fourth-order valence-electron chi connectivity index (χ4n) is 2.63. The summed E-state index contributed by atoms with van der Waals surface area (Å²) in [6.45, 7) is 4.08. The summed E-state index contributed by atoms with van der Waals surface area (Å²) in [5, 5.41) is 9.51. The molecule has 25 heavy (non-hydrogen) atoms. The molecule has 3 aromatic heterocycles. The van der Waals surface area contributed by atoms with Gasteiger partial charge < -0.3 is 4.42 Å². The molecule has 4 aromatic rings. The van der Waals surface area contributed by atoms with Gasteiger partial charge in [0.05, 0.1) is 17.0 Å². The molecule has 6 heteroatoms. The van der Waals surface area contributed by atoms with Crippen LogP contribution in [0.15, 0.2) is 69.6 Å². The van der Waals surface area contributed by atoms with Gasteiger partial charge in [0.2, 0.25) is 0 Å². The second-order valence-corrected chi connectivity index (χ2v) is 6.19. The lowest BCUT2D eigenvalue weighted by atomic mass is 10.1. The average Bonchev–Trinajstić information content (AvgIpc) is 3.23. The van der Waals surface area contributed by atoms with Crippen LogP contribution in [0.4, 0.5) is 11.5 Å². The lowest BCUT2D eigenvalue weighted by molar-refractivity contribution is 0.580. The monoisotopic (exact) mass is 350 g/mol. The van der Waals surface area contributed by atoms with Gasteiger partial charge in [0, 0.05) is 6.20 Å². The Kier molecular flexibility index (Phi) is 3.86. The van der Waals surface area contributed by atoms with Crippen LogP contribution < -0.4 is 0 Å². The highest BCUT2D eigenvalue weighted by atomic mass is 35.5. The first-order valence-corrected chi connectivity index (χ1v) is 8.21. The van der Waals surface area contributed by atoms with E-state index in [1.165, 1.54) is 5.56 Å². The minimum atomic E-state index is 0.577. The number of fused-ring (bicyclic) bond motifs is 1. The number of benzene rings is 1. The van der Waals surface area contributed by atoms with Crippen LogP contribution in [0.1, 0.15) is 11.1 Å². The zero-order chi connectivity index (χ0) is 17.4. The fourth-order valence-corrected chi connectivity index (χ4v) is 2.79. The third-order valence-corrected chi connectivity index (χ3v) is 4.36. The maximum atomic E-state index is 6.14. The Labute approximate surface area is 149 Å². The molecule has 0 bridgehead atoms. The first-order chi connectivity index (χ1) is 12.1. The summed E-state index contributed by atoms with van der Waals surface area (Å²) in [4.78, 5) is 4.61. The van der Waals surface area contributed by atoms with E-state index in [-0.39, 0.29) is 0 Å². The van der Waals surface area contributed by atoms with Crippen molar-refractivity contribution in [2.45, 2.75) is 13.8 Å². The summed E-state index contributed by atoms with van der Waals surface area (Å²) >= 11 is 6.14. The topological polar surface area (TPSA) is 55.2 Å². The number of rotatable bonds is 3. The first kappa shape index (κ1) is 15.6. The Morgan fingerprint density at radius 3 is 2.72 bits per heavy atom. The quantitative estimate of drug-likeness (QED) is 0.408. The molecule has 0 fully saturated rings. The Balaban J connectivity index is 1.90. The molecule has 0 amide bonds. The van der Waals surface area contributed by atoms with Crippen LogP contribution in [0.3, 0.4) is 0 Å². The minimum absolute atomic E-state index is 0.577. The molecule has 0 saturated heterocycles. The van der Waals surface area contributed by atoms with Crippen LogP contribution in [0, 0.1) is 13.8 Å². The van der Waals surface area contributed by atoms with E-state index in [0.717, 1.165) is 16.9 Å². The van der Waals surface area contributed by atoms with E-state index < -0.39 is 0 Å². The van der Waals surface area contributed by atoms with Gasteiger partial charge in [0.1, 0.15) is 5.65 Å². The third-order valence-electron chi connectivity index (χ3n) is 4.14. The summed E-state index contributed by atoms with van der Waals surface area (Å²) in [5.74, 6) is 1.21. The van der Waals surface area contributed by atoms with E-state index in [1.807, 2.05) is 41.7 Å². The second-order valence-electron chi connectivity index (χ2n) is 5.76. The lowest BCUT2D eigenvalue weighted by Gasteiger charge is -2.02. The molecule has 5 nitrogen and oxygen atoms in total. The van der Waals surface area contributed by atoms with Crippen LogP contribution >= 0.6 is 11.6 Å². The largest absolute Gasteiger partial charge is 0.463 e. The van der Waals surface area contributed by atoms with Gasteiger partial charge in [0.25, 0.3) is 0 Å². The standard InChI is InChI=1S/C19H15ClN4O/c1-12-5-3-6-15(13(12)2)22-23-19-18(16-7-4-10-25-16)21-17-9-8-14(20)11-24(17)19/h3-11H,1-2H3. The summed E-state index contributed by atoms with van der Waals surface area (Å²) in [6.07, 6.45) is 3.38. The molecule has 0 aliphatic heterocycles. The Morgan fingerprint density at radius 2 is 1.92 bits per heavy atom. The van der Waals surface area contributed by atoms with Crippen LogP contribution in [0.5, 0.6) is 0 Å². The highest BCUT2D eigenvalue weighted by molar-refractivity contribution is 6.30. The zero-order valence-electron chi connectivity index (χ0n) is 13.8. The Hall–Kier alpha value is -2.92. The van der Waals surface area contributed by atoms with Gasteiger partial charge in [0.15, 0.2) is 17.3 Å². The molecule has 0 spiro atoms. The molecule has 1 aromatic carbocycles. The van der Waals surface area contributed by atoms with Gasteiger partial charge in [-0.25, -0.2) is 4.98 Å². The molecular weight excluding hydrogens is 336 g/mol. The Bertz CT molecular complexity index is 1080. The number of halogens is 1. The highest BCUT2D eigenvalue weighted by Gasteiger charge is 2.16. The number of pyridine rings is 1. The van der Waals surface area contributed by atoms with Crippen LogP contribution in [-0.2, 0) is 0 Å². The van der Waals surface area contributed by atoms with Crippen molar-refractivity contribution < 1.29 is 4.42 Å². The SMILES string of the molecule is Cc1cccc(N=Nc2c(-c3ccco3)nc3ccc(Cl)cn23)c1C. The maximum absolute atomic E-state index is 6.14. The maximum Gasteiger partial charge on any atom is 0.190 e. The van der Waals surface area contributed by atoms with Gasteiger partial charge in [-0.1, -0.05) is 23.7 Å². The predicted molar refractivity (Wildman–Crippen MR) is 98.0 cm³/mol. The van der Waals surface area contributed by atoms with E-state index in [0.29, 0.717) is 22.3 Å². The fraction of sp³-hybridized carbons (Fsp3) is 0.105. The smallest absolute Gasteiger partial charge is 0.190 e. The number of aryl methyl sites for hydroxylation is 1. The van der Waals surface area contributed by atoms with Crippen molar-refractivity contribution in [3.63, 3.8) is 0 Å². The van der Waals surface area contributed by atoms with E-state index in [1.54, 1.807) is 18.5 Å². The average molecular weight is 351 g/mol. The van der Waals surface area contributed by atoms with E-state index in [2.05, 4.69) is 28.2 Å². The molecule has 0 radical (unpaired) electrons. The van der Waals surface area contributed by atoms with Gasteiger partial charge in [-0.05, 0) is 55.3 Å². The molecule has 0 unspecified atom stereocenters. The van der Waals surface area contributed by atoms with Crippen molar-refractivity contribution in [2.24, 2.45) is 10.2 Å². The molecule has 0 atom stereocenters.